The zero-order valence-electron chi connectivity index (χ0n) is 17.5. The van der Waals surface area contributed by atoms with Crippen molar-refractivity contribution in [2.45, 2.75) is 62.7 Å². The predicted octanol–water partition coefficient (Wildman–Crippen LogP) is 1.89. The number of sulfonamides is 1. The molecule has 1 aromatic rings. The summed E-state index contributed by atoms with van der Waals surface area (Å²) in [7, 11) is -3.51. The monoisotopic (exact) mass is 437 g/mol. The van der Waals surface area contributed by atoms with Gasteiger partial charge in [-0.1, -0.05) is 36.6 Å². The van der Waals surface area contributed by atoms with E-state index in [1.165, 1.54) is 25.0 Å². The molecule has 0 heterocycles. The molecular formula is C20H29ClNNaO4S. The van der Waals surface area contributed by atoms with Crippen LogP contribution >= 0.6 is 11.6 Å². The molecule has 1 saturated carbocycles. The van der Waals surface area contributed by atoms with Crippen molar-refractivity contribution in [3.63, 3.8) is 0 Å². The number of carbonyl (C=O) groups is 1. The van der Waals surface area contributed by atoms with Gasteiger partial charge in [-0.15, -0.1) is 0 Å². The molecule has 5 nitrogen and oxygen atoms in total. The summed E-state index contributed by atoms with van der Waals surface area (Å²) in [5.41, 5.74) is 0.180. The van der Waals surface area contributed by atoms with Gasteiger partial charge in [-0.25, -0.2) is 13.1 Å². The van der Waals surface area contributed by atoms with Crippen LogP contribution in [-0.2, 0) is 14.8 Å². The van der Waals surface area contributed by atoms with Crippen LogP contribution < -0.4 is 34.3 Å². The molecule has 1 fully saturated rings. The molecule has 2 N–H and O–H groups in total. The van der Waals surface area contributed by atoms with Crippen molar-refractivity contribution in [2.24, 2.45) is 5.41 Å². The second-order valence-corrected chi connectivity index (χ2v) is 9.45. The Hall–Kier alpha value is -0.370. The summed E-state index contributed by atoms with van der Waals surface area (Å²) >= 11 is 5.82. The van der Waals surface area contributed by atoms with Gasteiger partial charge in [0.15, 0.2) is 0 Å². The topological polar surface area (TPSA) is 83.5 Å². The van der Waals surface area contributed by atoms with Crippen LogP contribution in [0.15, 0.2) is 41.3 Å². The minimum absolute atomic E-state index is 0. The second kappa shape index (κ2) is 12.4. The molecule has 0 aromatic heterocycles. The summed E-state index contributed by atoms with van der Waals surface area (Å²) in [5.74, 6) is -0.778. The maximum Gasteiger partial charge on any atom is 1.00 e. The molecule has 1 aromatic carbocycles. The van der Waals surface area contributed by atoms with E-state index < -0.39 is 16.0 Å². The summed E-state index contributed by atoms with van der Waals surface area (Å²) in [6.45, 7) is 0.424. The van der Waals surface area contributed by atoms with Gasteiger partial charge in [0, 0.05) is 18.0 Å². The first-order valence-electron chi connectivity index (χ1n) is 9.45. The number of carboxylic acids is 1. The molecule has 8 heteroatoms. The quantitative estimate of drug-likeness (QED) is 0.409. The number of hydrogen-bond donors (Lipinski definition) is 2. The molecule has 0 aliphatic heterocycles. The molecule has 0 unspecified atom stereocenters. The minimum atomic E-state index is -3.51. The van der Waals surface area contributed by atoms with Crippen molar-refractivity contribution in [3.05, 3.63) is 41.4 Å². The molecule has 1 aliphatic rings. The van der Waals surface area contributed by atoms with E-state index in [9.17, 15) is 13.2 Å². The third-order valence-corrected chi connectivity index (χ3v) is 7.00. The van der Waals surface area contributed by atoms with Crippen molar-refractivity contribution in [1.29, 1.82) is 0 Å². The third-order valence-electron chi connectivity index (χ3n) is 5.27. The van der Waals surface area contributed by atoms with Gasteiger partial charge in [0.2, 0.25) is 10.0 Å². The maximum atomic E-state index is 12.4. The molecule has 0 amide bonds. The summed E-state index contributed by atoms with van der Waals surface area (Å²) in [6.07, 6.45) is 12.1. The van der Waals surface area contributed by atoms with Crippen molar-refractivity contribution in [1.82, 2.24) is 4.72 Å². The van der Waals surface area contributed by atoms with Crippen molar-refractivity contribution in [3.8, 4) is 0 Å². The maximum absolute atomic E-state index is 12.4. The molecule has 0 bridgehead atoms. The Bertz CT molecular complexity index is 750. The van der Waals surface area contributed by atoms with Gasteiger partial charge < -0.3 is 6.53 Å². The number of rotatable bonds is 11. The molecule has 2 rings (SSSR count). The van der Waals surface area contributed by atoms with Crippen LogP contribution in [-0.4, -0.2) is 26.0 Å². The predicted molar refractivity (Wildman–Crippen MR) is 109 cm³/mol. The van der Waals surface area contributed by atoms with Crippen LogP contribution in [0, 0.1) is 5.41 Å². The number of halogens is 1. The van der Waals surface area contributed by atoms with Crippen molar-refractivity contribution < 1.29 is 49.3 Å². The van der Waals surface area contributed by atoms with E-state index >= 15 is 0 Å². The Balaban J connectivity index is 0.00000392. The van der Waals surface area contributed by atoms with E-state index in [4.69, 9.17) is 16.7 Å². The Morgan fingerprint density at radius 2 is 1.75 bits per heavy atom. The van der Waals surface area contributed by atoms with Gasteiger partial charge in [-0.05, 0) is 68.2 Å². The van der Waals surface area contributed by atoms with Gasteiger partial charge in [0.25, 0.3) is 0 Å². The fraction of sp³-hybridized carbons (Fsp3) is 0.550. The molecule has 0 radical (unpaired) electrons. The molecular weight excluding hydrogens is 409 g/mol. The van der Waals surface area contributed by atoms with Gasteiger partial charge in [-0.3, -0.25) is 4.79 Å². The fourth-order valence-corrected chi connectivity index (χ4v) is 4.89. The summed E-state index contributed by atoms with van der Waals surface area (Å²) < 4.78 is 27.5. The average Bonchev–Trinajstić information content (AvgIpc) is 3.07. The van der Waals surface area contributed by atoms with Crippen LogP contribution in [0.1, 0.15) is 59.2 Å². The van der Waals surface area contributed by atoms with Crippen LogP contribution in [0.5, 0.6) is 0 Å². The van der Waals surface area contributed by atoms with E-state index in [1.807, 2.05) is 6.08 Å². The smallest absolute Gasteiger partial charge is 1.00 e. The zero-order valence-corrected chi connectivity index (χ0v) is 20.1. The van der Waals surface area contributed by atoms with Gasteiger partial charge >= 0.3 is 35.5 Å². The van der Waals surface area contributed by atoms with Crippen molar-refractivity contribution >= 4 is 27.6 Å². The van der Waals surface area contributed by atoms with E-state index in [0.29, 0.717) is 18.0 Å². The number of benzene rings is 1. The molecule has 28 heavy (non-hydrogen) atoms. The first-order chi connectivity index (χ1) is 12.8. The van der Waals surface area contributed by atoms with Crippen LogP contribution in [0.3, 0.4) is 0 Å². The molecule has 0 atom stereocenters. The fourth-order valence-electron chi connectivity index (χ4n) is 3.73. The standard InChI is InChI=1S/C20H28ClNO4S.Na.H/c21-17-8-10-18(11-9-17)27(25,26)22-16-15-20(13-5-6-14-20)12-4-2-1-3-7-19(23)24;;/h1-2,8-11,22H,3-7,12-16H2,(H,23,24);;/q;+1;-1/b2-1-;;. The number of nitrogens with one attached hydrogen (secondary N) is 1. The van der Waals surface area contributed by atoms with Crippen LogP contribution in [0.25, 0.3) is 0 Å². The zero-order chi connectivity index (χ0) is 19.8. The van der Waals surface area contributed by atoms with E-state index in [0.717, 1.165) is 32.1 Å². The van der Waals surface area contributed by atoms with E-state index in [-0.39, 0.29) is 47.7 Å². The van der Waals surface area contributed by atoms with Gasteiger partial charge in [-0.2, -0.15) is 0 Å². The Morgan fingerprint density at radius 3 is 2.36 bits per heavy atom. The first kappa shape index (κ1) is 25.7. The summed E-state index contributed by atoms with van der Waals surface area (Å²) in [4.78, 5) is 10.7. The molecule has 152 valence electrons. The molecule has 0 spiro atoms. The normalized spacial score (nSPS) is 16.2. The third kappa shape index (κ3) is 8.56. The first-order valence-corrected chi connectivity index (χ1v) is 11.3. The minimum Gasteiger partial charge on any atom is -1.00 e. The summed E-state index contributed by atoms with van der Waals surface area (Å²) in [5, 5.41) is 9.16. The van der Waals surface area contributed by atoms with Crippen LogP contribution in [0.4, 0.5) is 0 Å². The van der Waals surface area contributed by atoms with Gasteiger partial charge in [0.05, 0.1) is 4.90 Å². The average molecular weight is 438 g/mol. The van der Waals surface area contributed by atoms with E-state index in [2.05, 4.69) is 10.8 Å². The van der Waals surface area contributed by atoms with Crippen LogP contribution in [0.2, 0.25) is 5.02 Å². The number of hydrogen-bond acceptors (Lipinski definition) is 3. The molecule has 0 saturated heterocycles. The SMILES string of the molecule is O=C(O)CC/C=C\CCC1(CCNS(=O)(=O)c2ccc(Cl)cc2)CCCC1.[H-].[Na+]. The summed E-state index contributed by atoms with van der Waals surface area (Å²) in [6, 6.07) is 6.17. The molecule has 1 aliphatic carbocycles. The van der Waals surface area contributed by atoms with E-state index in [1.54, 1.807) is 12.1 Å². The number of aliphatic carboxylic acids is 1. The Morgan fingerprint density at radius 1 is 1.14 bits per heavy atom. The van der Waals surface area contributed by atoms with Crippen molar-refractivity contribution in [2.75, 3.05) is 6.54 Å². The Kier molecular flexibility index (Phi) is 11.3. The van der Waals surface area contributed by atoms with Gasteiger partial charge in [0.1, 0.15) is 0 Å². The second-order valence-electron chi connectivity index (χ2n) is 7.25. The Labute approximate surface area is 196 Å². The number of carboxylic acid groups (broad SMARTS) is 1. The largest absolute Gasteiger partial charge is 1.00 e. The number of allylic oxidation sites excluding steroid dienone is 2.